The number of halogens is 3. The monoisotopic (exact) mass is 669 g/mol. The summed E-state index contributed by atoms with van der Waals surface area (Å²) >= 11 is 19.9. The Morgan fingerprint density at radius 3 is 2.48 bits per heavy atom. The van der Waals surface area contributed by atoms with Crippen LogP contribution in [-0.2, 0) is 11.4 Å². The first kappa shape index (κ1) is 31.9. The van der Waals surface area contributed by atoms with E-state index in [0.29, 0.717) is 71.4 Å². The van der Waals surface area contributed by atoms with Gasteiger partial charge in [-0.15, -0.1) is 0 Å². The number of benzene rings is 3. The number of amides is 1. The van der Waals surface area contributed by atoms with Gasteiger partial charge in [0, 0.05) is 29.2 Å². The van der Waals surface area contributed by atoms with Gasteiger partial charge >= 0.3 is 0 Å². The van der Waals surface area contributed by atoms with E-state index in [1.807, 2.05) is 51.1 Å². The van der Waals surface area contributed by atoms with Crippen molar-refractivity contribution < 1.29 is 14.3 Å². The summed E-state index contributed by atoms with van der Waals surface area (Å²) in [6, 6.07) is 17.2. The maximum absolute atomic E-state index is 14.2. The van der Waals surface area contributed by atoms with Crippen LogP contribution < -0.4 is 24.4 Å². The largest absolute Gasteiger partial charge is 0.496 e. The zero-order chi connectivity index (χ0) is 31.5. The average Bonchev–Trinajstić information content (AvgIpc) is 3.32. The highest BCUT2D eigenvalue weighted by molar-refractivity contribution is 7.07. The van der Waals surface area contributed by atoms with Crippen molar-refractivity contribution in [1.29, 1.82) is 0 Å². The van der Waals surface area contributed by atoms with Crippen LogP contribution in [0.4, 0.5) is 0 Å². The summed E-state index contributed by atoms with van der Waals surface area (Å²) < 4.78 is 13.8. The molecule has 0 spiro atoms. The van der Waals surface area contributed by atoms with Gasteiger partial charge in [0.15, 0.2) is 4.80 Å². The van der Waals surface area contributed by atoms with Gasteiger partial charge in [0.2, 0.25) is 0 Å². The van der Waals surface area contributed by atoms with E-state index in [9.17, 15) is 9.59 Å². The van der Waals surface area contributed by atoms with Gasteiger partial charge in [-0.3, -0.25) is 14.2 Å². The second kappa shape index (κ2) is 13.6. The molecule has 1 aliphatic heterocycles. The molecule has 0 saturated carbocycles. The van der Waals surface area contributed by atoms with E-state index in [1.165, 1.54) is 11.3 Å². The second-order valence-electron chi connectivity index (χ2n) is 10.0. The summed E-state index contributed by atoms with van der Waals surface area (Å²) in [7, 11) is 1.57. The van der Waals surface area contributed by atoms with Gasteiger partial charge in [0.05, 0.1) is 33.0 Å². The molecule has 228 valence electrons. The van der Waals surface area contributed by atoms with Crippen molar-refractivity contribution in [1.82, 2.24) is 9.47 Å². The van der Waals surface area contributed by atoms with Crippen molar-refractivity contribution in [3.8, 4) is 11.5 Å². The van der Waals surface area contributed by atoms with Gasteiger partial charge in [-0.25, -0.2) is 4.99 Å². The molecule has 3 aromatic carbocycles. The van der Waals surface area contributed by atoms with Gasteiger partial charge in [-0.05, 0) is 68.8 Å². The zero-order valence-electron chi connectivity index (χ0n) is 24.6. The summed E-state index contributed by atoms with van der Waals surface area (Å²) in [6.45, 7) is 6.93. The van der Waals surface area contributed by atoms with Crippen LogP contribution in [-0.4, -0.2) is 35.6 Å². The van der Waals surface area contributed by atoms with E-state index < -0.39 is 6.04 Å². The van der Waals surface area contributed by atoms with E-state index in [-0.39, 0.29) is 18.1 Å². The van der Waals surface area contributed by atoms with Crippen LogP contribution in [0, 0.1) is 0 Å². The van der Waals surface area contributed by atoms with Crippen LogP contribution in [0.2, 0.25) is 15.1 Å². The lowest BCUT2D eigenvalue weighted by Gasteiger charge is -2.29. The molecule has 1 aliphatic rings. The van der Waals surface area contributed by atoms with Crippen LogP contribution in [0.3, 0.4) is 0 Å². The third-order valence-electron chi connectivity index (χ3n) is 7.37. The predicted molar refractivity (Wildman–Crippen MR) is 177 cm³/mol. The molecule has 44 heavy (non-hydrogen) atoms. The Kier molecular flexibility index (Phi) is 9.85. The van der Waals surface area contributed by atoms with Crippen LogP contribution >= 0.6 is 46.1 Å². The average molecular weight is 671 g/mol. The molecule has 0 N–H and O–H groups in total. The maximum Gasteiger partial charge on any atom is 0.271 e. The highest BCUT2D eigenvalue weighted by Crippen LogP contribution is 2.36. The number of hydrogen-bond donors (Lipinski definition) is 0. The molecule has 0 fully saturated rings. The van der Waals surface area contributed by atoms with Crippen molar-refractivity contribution >= 4 is 58.1 Å². The molecule has 7 nitrogen and oxygen atoms in total. The standard InChI is InChI=1S/C33H30Cl3N3O4S/c1-5-38(6-2)32(41)29-19(3)37-33-39(30(29)23-9-7-8-10-27(23)42-4)31(40)28(44-33)17-21-16-22(34)12-14-26(21)43-18-20-11-13-24(35)25(36)15-20/h7-17,30H,5-6,18H2,1-4H3/b28-17+/t30-/m0/s1. The van der Waals surface area contributed by atoms with Gasteiger partial charge in [-0.2, -0.15) is 0 Å². The molecule has 1 aromatic heterocycles. The summed E-state index contributed by atoms with van der Waals surface area (Å²) in [5.74, 6) is 0.926. The van der Waals surface area contributed by atoms with Crippen LogP contribution in [0.1, 0.15) is 43.5 Å². The van der Waals surface area contributed by atoms with Gasteiger partial charge < -0.3 is 14.4 Å². The lowest BCUT2D eigenvalue weighted by Crippen LogP contribution is -2.43. The van der Waals surface area contributed by atoms with Crippen molar-refractivity contribution in [2.45, 2.75) is 33.4 Å². The number of fused-ring (bicyclic) bond motifs is 1. The number of para-hydroxylation sites is 1. The Hall–Kier alpha value is -3.56. The summed E-state index contributed by atoms with van der Waals surface area (Å²) in [5, 5.41) is 1.38. The summed E-state index contributed by atoms with van der Waals surface area (Å²) in [6.07, 6.45) is 1.74. The number of hydrogen-bond acceptors (Lipinski definition) is 6. The molecule has 0 saturated heterocycles. The number of likely N-dealkylation sites (N-methyl/N-ethyl adjacent to an activating group) is 1. The Bertz CT molecular complexity index is 1950. The molecule has 5 rings (SSSR count). The minimum absolute atomic E-state index is 0.172. The Labute approximate surface area is 274 Å². The van der Waals surface area contributed by atoms with E-state index in [1.54, 1.807) is 53.0 Å². The number of allylic oxidation sites excluding steroid dienone is 1. The zero-order valence-corrected chi connectivity index (χ0v) is 27.7. The molecule has 4 aromatic rings. The molecular weight excluding hydrogens is 641 g/mol. The Balaban J connectivity index is 1.64. The van der Waals surface area contributed by atoms with E-state index >= 15 is 0 Å². The van der Waals surface area contributed by atoms with Crippen LogP contribution in [0.5, 0.6) is 11.5 Å². The number of ether oxygens (including phenoxy) is 2. The normalized spacial score (nSPS) is 14.7. The molecule has 0 bridgehead atoms. The SMILES string of the molecule is CCN(CC)C(=O)C1=C(C)N=c2s/c(=C/c3cc(Cl)ccc3OCc3ccc(Cl)c(Cl)c3)c(=O)n2[C@H]1c1ccccc1OC. The first-order valence-electron chi connectivity index (χ1n) is 14.0. The minimum atomic E-state index is -0.734. The number of rotatable bonds is 9. The Morgan fingerprint density at radius 2 is 1.77 bits per heavy atom. The number of carbonyl (C=O) groups is 1. The van der Waals surface area contributed by atoms with Crippen LogP contribution in [0.25, 0.3) is 6.08 Å². The highest BCUT2D eigenvalue weighted by atomic mass is 35.5. The number of nitrogens with zero attached hydrogens (tertiary/aromatic N) is 3. The lowest BCUT2D eigenvalue weighted by atomic mass is 9.94. The fraction of sp³-hybridized carbons (Fsp3) is 0.242. The molecule has 0 unspecified atom stereocenters. The van der Waals surface area contributed by atoms with Crippen molar-refractivity contribution in [2.24, 2.45) is 4.99 Å². The molecule has 1 amide bonds. The third kappa shape index (κ3) is 6.31. The van der Waals surface area contributed by atoms with E-state index in [0.717, 1.165) is 5.56 Å². The fourth-order valence-electron chi connectivity index (χ4n) is 5.16. The fourth-order valence-corrected chi connectivity index (χ4v) is 6.70. The number of carbonyl (C=O) groups excluding carboxylic acids is 1. The number of methoxy groups -OCH3 is 1. The van der Waals surface area contributed by atoms with Gasteiger partial charge in [0.25, 0.3) is 11.5 Å². The van der Waals surface area contributed by atoms with Gasteiger partial charge in [-0.1, -0.05) is 70.4 Å². The molecule has 2 heterocycles. The first-order chi connectivity index (χ1) is 21.2. The maximum atomic E-state index is 14.2. The van der Waals surface area contributed by atoms with Crippen LogP contribution in [0.15, 0.2) is 81.7 Å². The van der Waals surface area contributed by atoms with Crippen molar-refractivity contribution in [3.05, 3.63) is 123 Å². The van der Waals surface area contributed by atoms with Crippen molar-refractivity contribution in [2.75, 3.05) is 20.2 Å². The van der Waals surface area contributed by atoms with Crippen molar-refractivity contribution in [3.63, 3.8) is 0 Å². The smallest absolute Gasteiger partial charge is 0.271 e. The molecule has 0 radical (unpaired) electrons. The van der Waals surface area contributed by atoms with E-state index in [2.05, 4.69) is 0 Å². The summed E-state index contributed by atoms with van der Waals surface area (Å²) in [4.78, 5) is 35.1. The number of aromatic nitrogens is 1. The molecule has 1 atom stereocenters. The second-order valence-corrected chi connectivity index (χ2v) is 12.3. The topological polar surface area (TPSA) is 73.1 Å². The minimum Gasteiger partial charge on any atom is -0.496 e. The predicted octanol–water partition coefficient (Wildman–Crippen LogP) is 6.65. The summed E-state index contributed by atoms with van der Waals surface area (Å²) in [5.41, 5.74) is 2.84. The highest BCUT2D eigenvalue weighted by Gasteiger charge is 2.35. The van der Waals surface area contributed by atoms with E-state index in [4.69, 9.17) is 49.3 Å². The molecule has 0 aliphatic carbocycles. The Morgan fingerprint density at radius 1 is 1.02 bits per heavy atom. The molecule has 11 heteroatoms. The lowest BCUT2D eigenvalue weighted by molar-refractivity contribution is -0.127. The third-order valence-corrected chi connectivity index (χ3v) is 9.33. The number of thiazole rings is 1. The molecular formula is C33H30Cl3N3O4S. The van der Waals surface area contributed by atoms with Gasteiger partial charge in [0.1, 0.15) is 24.1 Å². The first-order valence-corrected chi connectivity index (χ1v) is 15.9. The quantitative estimate of drug-likeness (QED) is 0.200.